The number of fused-ring (bicyclic) bond motifs is 1. The highest BCUT2D eigenvalue weighted by atomic mass is 79.9. The molecule has 0 aliphatic heterocycles. The van der Waals surface area contributed by atoms with Gasteiger partial charge in [0.15, 0.2) is 4.34 Å². The van der Waals surface area contributed by atoms with Crippen LogP contribution in [0.15, 0.2) is 28.6 Å². The quantitative estimate of drug-likeness (QED) is 0.488. The minimum Gasteiger partial charge on any atom is -0.456 e. The van der Waals surface area contributed by atoms with Gasteiger partial charge in [0.1, 0.15) is 6.61 Å². The number of hydrogen-bond donors (Lipinski definition) is 0. The molecule has 0 amide bonds. The van der Waals surface area contributed by atoms with Gasteiger partial charge < -0.3 is 4.74 Å². The number of rotatable bonds is 3. The molecule has 0 fully saturated rings. The number of halogens is 1. The maximum Gasteiger partial charge on any atom is 0.374 e. The number of thiazole rings is 1. The number of ether oxygens (including phenoxy) is 1. The summed E-state index contributed by atoms with van der Waals surface area (Å²) >= 11 is 5.73. The van der Waals surface area contributed by atoms with E-state index in [0.29, 0.717) is 11.9 Å². The molecule has 0 saturated carbocycles. The lowest BCUT2D eigenvalue weighted by Gasteiger charge is -1.98. The zero-order valence-electron chi connectivity index (χ0n) is 8.18. The normalized spacial score (nSPS) is 10.6. The van der Waals surface area contributed by atoms with Crippen LogP contribution in [0.25, 0.3) is 10.2 Å². The lowest BCUT2D eigenvalue weighted by atomic mass is 10.3. The van der Waals surface area contributed by atoms with E-state index in [9.17, 15) is 4.79 Å². The Labute approximate surface area is 109 Å². The van der Waals surface area contributed by atoms with Crippen molar-refractivity contribution < 1.29 is 9.53 Å². The molecule has 1 aromatic carbocycles. The minimum absolute atomic E-state index is 0.307. The predicted octanol–water partition coefficient (Wildman–Crippen LogP) is 3.92. The molecule has 84 valence electrons. The van der Waals surface area contributed by atoms with Crippen molar-refractivity contribution in [1.82, 2.24) is 4.98 Å². The number of carbonyl (C=O) groups excluding carboxylic acids is 1. The monoisotopic (exact) mass is 317 g/mol. The van der Waals surface area contributed by atoms with E-state index in [1.807, 2.05) is 24.3 Å². The fourth-order valence-corrected chi connectivity index (χ4v) is 3.05. The summed E-state index contributed by atoms with van der Waals surface area (Å²) in [6.45, 7) is 0.386. The Morgan fingerprint density at radius 1 is 1.50 bits per heavy atom. The Bertz CT molecular complexity index is 467. The second-order valence-corrected chi connectivity index (χ2v) is 5.84. The molecule has 0 saturated heterocycles. The molecular weight excluding hydrogens is 310 g/mol. The van der Waals surface area contributed by atoms with Gasteiger partial charge in [-0.3, -0.25) is 0 Å². The van der Waals surface area contributed by atoms with Crippen LogP contribution in [0.4, 0.5) is 4.79 Å². The van der Waals surface area contributed by atoms with Crippen molar-refractivity contribution in [3.05, 3.63) is 24.3 Å². The molecule has 6 heteroatoms. The summed E-state index contributed by atoms with van der Waals surface area (Å²) in [5.74, 6) is 0. The lowest BCUT2D eigenvalue weighted by Crippen LogP contribution is -1.99. The molecule has 0 bridgehead atoms. The first-order valence-electron chi connectivity index (χ1n) is 4.56. The number of alkyl halides is 1. The zero-order chi connectivity index (χ0) is 11.4. The van der Waals surface area contributed by atoms with Crippen LogP contribution in [-0.4, -0.2) is 22.2 Å². The van der Waals surface area contributed by atoms with Crippen LogP contribution in [0.3, 0.4) is 0 Å². The third-order valence-electron chi connectivity index (χ3n) is 1.74. The summed E-state index contributed by atoms with van der Waals surface area (Å²) in [6, 6.07) is 7.80. The molecule has 0 aliphatic rings. The predicted molar refractivity (Wildman–Crippen MR) is 70.6 cm³/mol. The third-order valence-corrected chi connectivity index (χ3v) is 3.95. The van der Waals surface area contributed by atoms with Crippen LogP contribution in [0.1, 0.15) is 0 Å². The van der Waals surface area contributed by atoms with Crippen molar-refractivity contribution in [2.24, 2.45) is 0 Å². The summed E-state index contributed by atoms with van der Waals surface area (Å²) in [5.41, 5.74) is 0.920. The first kappa shape index (κ1) is 11.9. The number of aromatic nitrogens is 1. The largest absolute Gasteiger partial charge is 0.456 e. The fourth-order valence-electron chi connectivity index (χ4n) is 1.12. The number of nitrogens with zero attached hydrogens (tertiary/aromatic N) is 1. The van der Waals surface area contributed by atoms with Crippen LogP contribution in [0, 0.1) is 0 Å². The van der Waals surface area contributed by atoms with E-state index in [2.05, 4.69) is 20.9 Å². The van der Waals surface area contributed by atoms with Crippen molar-refractivity contribution in [2.75, 3.05) is 11.9 Å². The second-order valence-electron chi connectivity index (χ2n) is 2.84. The molecule has 0 atom stereocenters. The molecule has 2 rings (SSSR count). The smallest absolute Gasteiger partial charge is 0.374 e. The van der Waals surface area contributed by atoms with Crippen LogP contribution in [0.2, 0.25) is 0 Å². The molecule has 16 heavy (non-hydrogen) atoms. The van der Waals surface area contributed by atoms with Gasteiger partial charge in [-0.15, -0.1) is 11.3 Å². The summed E-state index contributed by atoms with van der Waals surface area (Å²) < 4.78 is 6.74. The van der Waals surface area contributed by atoms with Gasteiger partial charge in [0.2, 0.25) is 0 Å². The van der Waals surface area contributed by atoms with Crippen molar-refractivity contribution in [1.29, 1.82) is 0 Å². The third kappa shape index (κ3) is 2.96. The summed E-state index contributed by atoms with van der Waals surface area (Å²) in [4.78, 5) is 15.7. The number of carbonyl (C=O) groups is 1. The van der Waals surface area contributed by atoms with Crippen LogP contribution in [0.5, 0.6) is 0 Å². The van der Waals surface area contributed by atoms with Gasteiger partial charge in [-0.25, -0.2) is 9.78 Å². The molecule has 0 unspecified atom stereocenters. The molecule has 0 aliphatic carbocycles. The van der Waals surface area contributed by atoms with Crippen LogP contribution < -0.4 is 0 Å². The van der Waals surface area contributed by atoms with Crippen molar-refractivity contribution in [2.45, 2.75) is 4.34 Å². The summed E-state index contributed by atoms with van der Waals surface area (Å²) in [7, 11) is 0. The minimum atomic E-state index is -0.307. The molecule has 2 aromatic rings. The van der Waals surface area contributed by atoms with Crippen LogP contribution >= 0.6 is 39.0 Å². The highest BCUT2D eigenvalue weighted by Crippen LogP contribution is 2.30. The van der Waals surface area contributed by atoms with E-state index in [0.717, 1.165) is 26.3 Å². The van der Waals surface area contributed by atoms with Crippen molar-refractivity contribution in [3.8, 4) is 0 Å². The van der Waals surface area contributed by atoms with Gasteiger partial charge >= 0.3 is 5.30 Å². The lowest BCUT2D eigenvalue weighted by molar-refractivity contribution is 0.183. The number of para-hydroxylation sites is 1. The van der Waals surface area contributed by atoms with Crippen LogP contribution in [-0.2, 0) is 4.74 Å². The topological polar surface area (TPSA) is 39.2 Å². The summed E-state index contributed by atoms with van der Waals surface area (Å²) in [5, 5.41) is 0.345. The molecule has 0 radical (unpaired) electrons. The van der Waals surface area contributed by atoms with Gasteiger partial charge in [-0.2, -0.15) is 0 Å². The Morgan fingerprint density at radius 3 is 3.06 bits per heavy atom. The van der Waals surface area contributed by atoms with E-state index >= 15 is 0 Å². The van der Waals surface area contributed by atoms with E-state index in [1.165, 1.54) is 11.3 Å². The standard InChI is InChI=1S/C10H8BrNO2S2/c11-5-6-14-10(13)16-9-12-7-3-1-2-4-8(7)15-9/h1-4H,5-6H2. The van der Waals surface area contributed by atoms with Crippen molar-refractivity contribution >= 4 is 54.5 Å². The van der Waals surface area contributed by atoms with E-state index in [1.54, 1.807) is 0 Å². The highest BCUT2D eigenvalue weighted by molar-refractivity contribution is 9.09. The van der Waals surface area contributed by atoms with E-state index in [-0.39, 0.29) is 5.30 Å². The summed E-state index contributed by atoms with van der Waals surface area (Å²) in [6.07, 6.45) is 0. The molecular formula is C10H8BrNO2S2. The molecule has 1 heterocycles. The zero-order valence-corrected chi connectivity index (χ0v) is 11.4. The average Bonchev–Trinajstić information content (AvgIpc) is 2.68. The van der Waals surface area contributed by atoms with Gasteiger partial charge in [-0.1, -0.05) is 28.1 Å². The molecule has 0 N–H and O–H groups in total. The Kier molecular flexibility index (Phi) is 4.20. The highest BCUT2D eigenvalue weighted by Gasteiger charge is 2.10. The van der Waals surface area contributed by atoms with Gasteiger partial charge in [-0.05, 0) is 12.1 Å². The Morgan fingerprint density at radius 2 is 2.31 bits per heavy atom. The number of hydrogen-bond acceptors (Lipinski definition) is 5. The fraction of sp³-hybridized carbons (Fsp3) is 0.200. The van der Waals surface area contributed by atoms with Crippen molar-refractivity contribution in [3.63, 3.8) is 0 Å². The first-order valence-corrected chi connectivity index (χ1v) is 7.31. The second kappa shape index (κ2) is 5.65. The van der Waals surface area contributed by atoms with Gasteiger partial charge in [0.25, 0.3) is 0 Å². The SMILES string of the molecule is O=C(OCCBr)Sc1nc2ccccc2s1. The van der Waals surface area contributed by atoms with Gasteiger partial charge in [0, 0.05) is 17.1 Å². The Balaban J connectivity index is 2.07. The maximum absolute atomic E-state index is 11.3. The molecule has 3 nitrogen and oxygen atoms in total. The Hall–Kier alpha value is -0.590. The number of benzene rings is 1. The maximum atomic E-state index is 11.3. The first-order chi connectivity index (χ1) is 7.79. The van der Waals surface area contributed by atoms with Gasteiger partial charge in [0.05, 0.1) is 10.2 Å². The van der Waals surface area contributed by atoms with E-state index < -0.39 is 0 Å². The average molecular weight is 318 g/mol. The molecule has 0 spiro atoms. The molecule has 1 aromatic heterocycles. The number of thioether (sulfide) groups is 1. The van der Waals surface area contributed by atoms with E-state index in [4.69, 9.17) is 4.74 Å².